The van der Waals surface area contributed by atoms with Crippen LogP contribution in [0.25, 0.3) is 5.69 Å². The molecule has 3 rings (SSSR count). The van der Waals surface area contributed by atoms with Gasteiger partial charge in [0.25, 0.3) is 11.5 Å². The van der Waals surface area contributed by atoms with Crippen LogP contribution in [-0.2, 0) is 0 Å². The first-order valence-corrected chi connectivity index (χ1v) is 7.67. The van der Waals surface area contributed by atoms with Crippen molar-refractivity contribution < 1.29 is 18.4 Å². The first-order chi connectivity index (χ1) is 13.0. The number of nitrogens with zero attached hydrogens (tertiary/aromatic N) is 2. The summed E-state index contributed by atoms with van der Waals surface area (Å²) in [6.07, 6.45) is 1.28. The van der Waals surface area contributed by atoms with Gasteiger partial charge in [-0.15, -0.1) is 0 Å². The smallest absolute Gasteiger partial charge is 0.303 e. The van der Waals surface area contributed by atoms with E-state index < -0.39 is 34.7 Å². The van der Waals surface area contributed by atoms with E-state index >= 15 is 0 Å². The van der Waals surface area contributed by atoms with Crippen LogP contribution in [0.3, 0.4) is 0 Å². The maximum absolute atomic E-state index is 13.6. The number of para-hydroxylation sites is 1. The normalized spacial score (nSPS) is 10.3. The Morgan fingerprint density at radius 3 is 2.26 bits per heavy atom. The SMILES string of the molecule is O=C(NC(=O)c1c(F)cccc1F)Nc1ccnn(-c2ccccc2)c1=O. The van der Waals surface area contributed by atoms with E-state index in [0.717, 1.165) is 22.9 Å². The lowest BCUT2D eigenvalue weighted by molar-refractivity contribution is 0.0959. The molecule has 0 saturated heterocycles. The highest BCUT2D eigenvalue weighted by Gasteiger charge is 2.19. The van der Waals surface area contributed by atoms with Gasteiger partial charge in [0.2, 0.25) is 0 Å². The number of anilines is 1. The molecule has 2 N–H and O–H groups in total. The van der Waals surface area contributed by atoms with Crippen molar-refractivity contribution in [1.82, 2.24) is 15.1 Å². The van der Waals surface area contributed by atoms with Gasteiger partial charge in [-0.3, -0.25) is 14.9 Å². The van der Waals surface area contributed by atoms with Crippen molar-refractivity contribution in [2.75, 3.05) is 5.32 Å². The Bertz CT molecular complexity index is 1050. The Labute approximate surface area is 151 Å². The monoisotopic (exact) mass is 370 g/mol. The third kappa shape index (κ3) is 3.87. The quantitative estimate of drug-likeness (QED) is 0.741. The second kappa shape index (κ2) is 7.56. The lowest BCUT2D eigenvalue weighted by Crippen LogP contribution is -2.37. The van der Waals surface area contributed by atoms with Crippen LogP contribution in [0.15, 0.2) is 65.6 Å². The summed E-state index contributed by atoms with van der Waals surface area (Å²) in [7, 11) is 0. The molecule has 0 atom stereocenters. The molecule has 0 saturated carbocycles. The van der Waals surface area contributed by atoms with Gasteiger partial charge in [-0.25, -0.2) is 13.6 Å². The Morgan fingerprint density at radius 2 is 1.59 bits per heavy atom. The molecule has 136 valence electrons. The van der Waals surface area contributed by atoms with Crippen LogP contribution >= 0.6 is 0 Å². The number of rotatable bonds is 3. The largest absolute Gasteiger partial charge is 0.326 e. The number of nitrogens with one attached hydrogen (secondary N) is 2. The minimum atomic E-state index is -1.28. The van der Waals surface area contributed by atoms with Crippen molar-refractivity contribution >= 4 is 17.6 Å². The van der Waals surface area contributed by atoms with Crippen LogP contribution < -0.4 is 16.2 Å². The summed E-state index contributed by atoms with van der Waals surface area (Å²) in [4.78, 5) is 36.3. The molecule has 0 aliphatic heterocycles. The zero-order valence-corrected chi connectivity index (χ0v) is 13.6. The number of hydrogen-bond donors (Lipinski definition) is 2. The number of benzene rings is 2. The number of halogens is 2. The average Bonchev–Trinajstić information content (AvgIpc) is 2.64. The van der Waals surface area contributed by atoms with E-state index in [9.17, 15) is 23.2 Å². The van der Waals surface area contributed by atoms with Gasteiger partial charge in [0.05, 0.1) is 11.9 Å². The Balaban J connectivity index is 1.79. The van der Waals surface area contributed by atoms with E-state index in [-0.39, 0.29) is 5.69 Å². The highest BCUT2D eigenvalue weighted by molar-refractivity contribution is 6.08. The summed E-state index contributed by atoms with van der Waals surface area (Å²) >= 11 is 0. The molecule has 3 aromatic rings. The van der Waals surface area contributed by atoms with E-state index in [4.69, 9.17) is 0 Å². The second-order valence-electron chi connectivity index (χ2n) is 5.30. The fourth-order valence-corrected chi connectivity index (χ4v) is 2.29. The number of urea groups is 1. The van der Waals surface area contributed by atoms with Gasteiger partial charge >= 0.3 is 6.03 Å². The molecule has 27 heavy (non-hydrogen) atoms. The van der Waals surface area contributed by atoms with Crippen LogP contribution in [0.1, 0.15) is 10.4 Å². The molecule has 0 radical (unpaired) electrons. The van der Waals surface area contributed by atoms with Crippen molar-refractivity contribution in [3.05, 3.63) is 88.3 Å². The maximum Gasteiger partial charge on any atom is 0.326 e. The number of hydrogen-bond acceptors (Lipinski definition) is 4. The molecule has 1 heterocycles. The summed E-state index contributed by atoms with van der Waals surface area (Å²) in [5, 5.41) is 7.86. The average molecular weight is 370 g/mol. The summed E-state index contributed by atoms with van der Waals surface area (Å²) < 4.78 is 28.2. The standard InChI is InChI=1S/C18H12F2N4O3/c19-12-7-4-8-13(20)15(12)16(25)23-18(27)22-14-9-10-21-24(17(14)26)11-5-2-1-3-6-11/h1-10H,(H2,22,23,25,27). The van der Waals surface area contributed by atoms with Gasteiger partial charge in [0, 0.05) is 0 Å². The summed E-state index contributed by atoms with van der Waals surface area (Å²) in [5.41, 5.74) is -1.25. The number of aromatic nitrogens is 2. The van der Waals surface area contributed by atoms with Crippen molar-refractivity contribution in [2.45, 2.75) is 0 Å². The third-order valence-corrected chi connectivity index (χ3v) is 3.51. The molecule has 3 amide bonds. The number of imide groups is 1. The van der Waals surface area contributed by atoms with Gasteiger partial charge in [-0.2, -0.15) is 9.78 Å². The predicted molar refractivity (Wildman–Crippen MR) is 92.7 cm³/mol. The van der Waals surface area contributed by atoms with Crippen molar-refractivity contribution in [2.24, 2.45) is 0 Å². The van der Waals surface area contributed by atoms with Gasteiger partial charge in [0.1, 0.15) is 22.9 Å². The zero-order chi connectivity index (χ0) is 19.4. The van der Waals surface area contributed by atoms with E-state index in [0.29, 0.717) is 5.69 Å². The Hall–Kier alpha value is -3.88. The fourth-order valence-electron chi connectivity index (χ4n) is 2.29. The van der Waals surface area contributed by atoms with Crippen molar-refractivity contribution in [3.8, 4) is 5.69 Å². The Kier molecular flexibility index (Phi) is 5.02. The van der Waals surface area contributed by atoms with E-state index in [1.165, 1.54) is 12.3 Å². The molecular formula is C18H12F2N4O3. The van der Waals surface area contributed by atoms with Crippen molar-refractivity contribution in [1.29, 1.82) is 0 Å². The molecule has 0 unspecified atom stereocenters. The summed E-state index contributed by atoms with van der Waals surface area (Å²) in [6.45, 7) is 0. The van der Waals surface area contributed by atoms with E-state index in [1.54, 1.807) is 35.6 Å². The highest BCUT2D eigenvalue weighted by Crippen LogP contribution is 2.12. The van der Waals surface area contributed by atoms with Crippen LogP contribution in [0.2, 0.25) is 0 Å². The number of amides is 3. The highest BCUT2D eigenvalue weighted by atomic mass is 19.1. The van der Waals surface area contributed by atoms with E-state index in [1.807, 2.05) is 0 Å². The van der Waals surface area contributed by atoms with E-state index in [2.05, 4.69) is 10.4 Å². The molecular weight excluding hydrogens is 358 g/mol. The fraction of sp³-hybridized carbons (Fsp3) is 0. The van der Waals surface area contributed by atoms with Crippen LogP contribution in [0.5, 0.6) is 0 Å². The minimum Gasteiger partial charge on any atom is -0.303 e. The first kappa shape index (κ1) is 17.9. The summed E-state index contributed by atoms with van der Waals surface area (Å²) in [6, 6.07) is 11.4. The maximum atomic E-state index is 13.6. The minimum absolute atomic E-state index is 0.173. The lowest BCUT2D eigenvalue weighted by Gasteiger charge is -2.09. The predicted octanol–water partition coefficient (Wildman–Crippen LogP) is 2.47. The first-order valence-electron chi connectivity index (χ1n) is 7.67. The molecule has 0 aliphatic rings. The second-order valence-corrected chi connectivity index (χ2v) is 5.30. The molecule has 0 bridgehead atoms. The molecule has 0 aliphatic carbocycles. The molecule has 0 fully saturated rings. The van der Waals surface area contributed by atoms with Gasteiger partial charge in [-0.05, 0) is 30.3 Å². The van der Waals surface area contributed by atoms with Crippen LogP contribution in [0.4, 0.5) is 19.3 Å². The Morgan fingerprint density at radius 1 is 0.926 bits per heavy atom. The molecule has 9 heteroatoms. The van der Waals surface area contributed by atoms with Gasteiger partial charge < -0.3 is 5.32 Å². The molecule has 2 aromatic carbocycles. The lowest BCUT2D eigenvalue weighted by atomic mass is 10.2. The zero-order valence-electron chi connectivity index (χ0n) is 13.6. The van der Waals surface area contributed by atoms with Crippen molar-refractivity contribution in [3.63, 3.8) is 0 Å². The topological polar surface area (TPSA) is 93.1 Å². The van der Waals surface area contributed by atoms with Crippen LogP contribution in [0, 0.1) is 11.6 Å². The van der Waals surface area contributed by atoms with Gasteiger partial charge in [-0.1, -0.05) is 24.3 Å². The van der Waals surface area contributed by atoms with Crippen LogP contribution in [-0.4, -0.2) is 21.7 Å². The van der Waals surface area contributed by atoms with Gasteiger partial charge in [0.15, 0.2) is 0 Å². The molecule has 7 nitrogen and oxygen atoms in total. The molecule has 0 spiro atoms. The number of carbonyl (C=O) groups is 2. The summed E-state index contributed by atoms with van der Waals surface area (Å²) in [5.74, 6) is -3.51. The molecule has 1 aromatic heterocycles. The number of carbonyl (C=O) groups excluding carboxylic acids is 2. The third-order valence-electron chi connectivity index (χ3n) is 3.51.